The summed E-state index contributed by atoms with van der Waals surface area (Å²) in [7, 11) is 0. The van der Waals surface area contributed by atoms with Crippen LogP contribution in [0.3, 0.4) is 0 Å². The number of nitrogens with zero attached hydrogens (tertiary/aromatic N) is 1. The van der Waals surface area contributed by atoms with Crippen LogP contribution in [0.15, 0.2) is 6.20 Å². The van der Waals surface area contributed by atoms with Gasteiger partial charge in [-0.25, -0.2) is 4.98 Å². The van der Waals surface area contributed by atoms with Crippen molar-refractivity contribution in [3.05, 3.63) is 17.7 Å². The molecule has 0 amide bonds. The number of carboxylic acid groups (broad SMARTS) is 2. The van der Waals surface area contributed by atoms with E-state index < -0.39 is 23.9 Å². The number of aromatic nitrogens is 2. The molecule has 1 heterocycles. The highest BCUT2D eigenvalue weighted by molar-refractivity contribution is 5.73. The standard InChI is InChI=1S/C11H17N3O4/c1-6(10(15)16)2-3-9-13-5-7(14-9)4-8(12)11(17)18/h5-6,8H,2-4,12H2,1H3,(H,13,14)(H,15,16)(H,17,18). The Hall–Kier alpha value is -1.89. The van der Waals surface area contributed by atoms with Gasteiger partial charge in [-0.15, -0.1) is 0 Å². The van der Waals surface area contributed by atoms with Crippen LogP contribution in [0.4, 0.5) is 0 Å². The van der Waals surface area contributed by atoms with Crippen molar-refractivity contribution in [2.75, 3.05) is 0 Å². The summed E-state index contributed by atoms with van der Waals surface area (Å²) in [4.78, 5) is 28.3. The maximum absolute atomic E-state index is 10.6. The number of H-pyrrole nitrogens is 1. The first-order chi connectivity index (χ1) is 8.40. The van der Waals surface area contributed by atoms with Gasteiger partial charge in [0.1, 0.15) is 11.9 Å². The highest BCUT2D eigenvalue weighted by Crippen LogP contribution is 2.08. The van der Waals surface area contributed by atoms with E-state index in [0.29, 0.717) is 24.4 Å². The number of carbonyl (C=O) groups is 2. The number of hydrogen-bond acceptors (Lipinski definition) is 4. The molecule has 0 fully saturated rings. The lowest BCUT2D eigenvalue weighted by Gasteiger charge is -2.03. The van der Waals surface area contributed by atoms with Gasteiger partial charge in [0.25, 0.3) is 0 Å². The third-order valence-corrected chi connectivity index (χ3v) is 2.67. The Labute approximate surface area is 104 Å². The number of imidazole rings is 1. The lowest BCUT2D eigenvalue weighted by atomic mass is 10.1. The minimum Gasteiger partial charge on any atom is -0.481 e. The Balaban J connectivity index is 2.48. The summed E-state index contributed by atoms with van der Waals surface area (Å²) < 4.78 is 0. The normalized spacial score (nSPS) is 14.1. The predicted octanol–water partition coefficient (Wildman–Crippen LogP) is 0.0174. The van der Waals surface area contributed by atoms with Gasteiger partial charge < -0.3 is 20.9 Å². The molecule has 0 bridgehead atoms. The molecular weight excluding hydrogens is 238 g/mol. The van der Waals surface area contributed by atoms with E-state index in [4.69, 9.17) is 15.9 Å². The third-order valence-electron chi connectivity index (χ3n) is 2.67. The summed E-state index contributed by atoms with van der Waals surface area (Å²) in [5.41, 5.74) is 5.96. The van der Waals surface area contributed by atoms with Gasteiger partial charge in [0, 0.05) is 19.0 Å². The summed E-state index contributed by atoms with van der Waals surface area (Å²) in [6.07, 6.45) is 2.74. The lowest BCUT2D eigenvalue weighted by molar-refractivity contribution is -0.141. The fourth-order valence-electron chi connectivity index (χ4n) is 1.43. The number of nitrogens with two attached hydrogens (primary N) is 1. The Morgan fingerprint density at radius 1 is 1.44 bits per heavy atom. The largest absolute Gasteiger partial charge is 0.481 e. The molecule has 5 N–H and O–H groups in total. The number of hydrogen-bond donors (Lipinski definition) is 4. The number of aryl methyl sites for hydroxylation is 1. The molecule has 1 rings (SSSR count). The SMILES string of the molecule is CC(CCc1nc(CC(N)C(=O)O)c[nH]1)C(=O)O. The maximum Gasteiger partial charge on any atom is 0.320 e. The highest BCUT2D eigenvalue weighted by Gasteiger charge is 2.15. The number of aliphatic carboxylic acids is 2. The molecule has 7 nitrogen and oxygen atoms in total. The summed E-state index contributed by atoms with van der Waals surface area (Å²) in [6.45, 7) is 1.63. The first kappa shape index (κ1) is 14.2. The fourth-order valence-corrected chi connectivity index (χ4v) is 1.43. The monoisotopic (exact) mass is 255 g/mol. The van der Waals surface area contributed by atoms with Gasteiger partial charge in [0.15, 0.2) is 0 Å². The molecule has 0 aliphatic carbocycles. The van der Waals surface area contributed by atoms with E-state index in [1.807, 2.05) is 0 Å². The smallest absolute Gasteiger partial charge is 0.320 e. The van der Waals surface area contributed by atoms with Gasteiger partial charge in [-0.1, -0.05) is 6.92 Å². The Morgan fingerprint density at radius 2 is 2.11 bits per heavy atom. The molecule has 100 valence electrons. The number of carboxylic acids is 2. The van der Waals surface area contributed by atoms with Crippen molar-refractivity contribution < 1.29 is 19.8 Å². The molecule has 0 aromatic carbocycles. The molecule has 2 unspecified atom stereocenters. The van der Waals surface area contributed by atoms with Crippen LogP contribution in [0.25, 0.3) is 0 Å². The van der Waals surface area contributed by atoms with Crippen LogP contribution in [0.5, 0.6) is 0 Å². The fraction of sp³-hybridized carbons (Fsp3) is 0.545. The number of rotatable bonds is 7. The van der Waals surface area contributed by atoms with Gasteiger partial charge in [-0.2, -0.15) is 0 Å². The minimum absolute atomic E-state index is 0.153. The average Bonchev–Trinajstić information content (AvgIpc) is 2.73. The van der Waals surface area contributed by atoms with Crippen LogP contribution in [-0.4, -0.2) is 38.2 Å². The van der Waals surface area contributed by atoms with Gasteiger partial charge in [-0.3, -0.25) is 9.59 Å². The zero-order valence-corrected chi connectivity index (χ0v) is 10.1. The Morgan fingerprint density at radius 3 is 2.67 bits per heavy atom. The van der Waals surface area contributed by atoms with Crippen LogP contribution in [0.1, 0.15) is 24.9 Å². The molecule has 2 atom stereocenters. The maximum atomic E-state index is 10.6. The summed E-state index contributed by atoms with van der Waals surface area (Å²) >= 11 is 0. The molecule has 0 spiro atoms. The van der Waals surface area contributed by atoms with E-state index in [2.05, 4.69) is 9.97 Å². The van der Waals surface area contributed by atoms with Crippen molar-refractivity contribution in [1.29, 1.82) is 0 Å². The zero-order valence-electron chi connectivity index (χ0n) is 10.1. The van der Waals surface area contributed by atoms with Crippen molar-refractivity contribution in [3.8, 4) is 0 Å². The molecule has 0 radical (unpaired) electrons. The molecule has 1 aromatic rings. The van der Waals surface area contributed by atoms with Gasteiger partial charge >= 0.3 is 11.9 Å². The van der Waals surface area contributed by atoms with E-state index in [1.54, 1.807) is 13.1 Å². The van der Waals surface area contributed by atoms with Crippen molar-refractivity contribution in [1.82, 2.24) is 9.97 Å². The highest BCUT2D eigenvalue weighted by atomic mass is 16.4. The lowest BCUT2D eigenvalue weighted by Crippen LogP contribution is -2.32. The topological polar surface area (TPSA) is 129 Å². The molecular formula is C11H17N3O4. The average molecular weight is 255 g/mol. The summed E-state index contributed by atoms with van der Waals surface area (Å²) in [5.74, 6) is -1.69. The van der Waals surface area contributed by atoms with E-state index in [1.165, 1.54) is 0 Å². The Bertz CT molecular complexity index is 430. The zero-order chi connectivity index (χ0) is 13.7. The van der Waals surface area contributed by atoms with Crippen LogP contribution in [0.2, 0.25) is 0 Å². The van der Waals surface area contributed by atoms with Gasteiger partial charge in [-0.05, 0) is 6.42 Å². The summed E-state index contributed by atoms with van der Waals surface area (Å²) in [5, 5.41) is 17.4. The molecule has 0 saturated carbocycles. The molecule has 7 heteroatoms. The summed E-state index contributed by atoms with van der Waals surface area (Å²) in [6, 6.07) is -0.973. The van der Waals surface area contributed by atoms with Crippen molar-refractivity contribution in [3.63, 3.8) is 0 Å². The van der Waals surface area contributed by atoms with Crippen LogP contribution in [0, 0.1) is 5.92 Å². The van der Waals surface area contributed by atoms with Gasteiger partial charge in [0.05, 0.1) is 11.6 Å². The van der Waals surface area contributed by atoms with E-state index >= 15 is 0 Å². The van der Waals surface area contributed by atoms with Crippen molar-refractivity contribution >= 4 is 11.9 Å². The third kappa shape index (κ3) is 4.17. The van der Waals surface area contributed by atoms with E-state index in [9.17, 15) is 9.59 Å². The predicted molar refractivity (Wildman–Crippen MR) is 63.0 cm³/mol. The molecule has 0 aliphatic heterocycles. The quantitative estimate of drug-likeness (QED) is 0.543. The molecule has 18 heavy (non-hydrogen) atoms. The van der Waals surface area contributed by atoms with Crippen LogP contribution < -0.4 is 5.73 Å². The van der Waals surface area contributed by atoms with Crippen LogP contribution >= 0.6 is 0 Å². The first-order valence-corrected chi connectivity index (χ1v) is 5.64. The van der Waals surface area contributed by atoms with Crippen molar-refractivity contribution in [2.45, 2.75) is 32.2 Å². The Kier molecular flexibility index (Phi) is 4.85. The number of aromatic amines is 1. The first-order valence-electron chi connectivity index (χ1n) is 5.64. The van der Waals surface area contributed by atoms with Crippen molar-refractivity contribution in [2.24, 2.45) is 11.7 Å². The molecule has 0 aliphatic rings. The van der Waals surface area contributed by atoms with E-state index in [-0.39, 0.29) is 6.42 Å². The number of nitrogens with one attached hydrogen (secondary N) is 1. The second-order valence-electron chi connectivity index (χ2n) is 4.27. The van der Waals surface area contributed by atoms with Crippen LogP contribution in [-0.2, 0) is 22.4 Å². The molecule has 1 aromatic heterocycles. The minimum atomic E-state index is -1.07. The second-order valence-corrected chi connectivity index (χ2v) is 4.27. The van der Waals surface area contributed by atoms with Gasteiger partial charge in [0.2, 0.25) is 0 Å². The molecule has 0 saturated heterocycles. The second kappa shape index (κ2) is 6.15. The van der Waals surface area contributed by atoms with E-state index in [0.717, 1.165) is 0 Å².